The molecule has 0 saturated carbocycles. The Kier molecular flexibility index (Phi) is 4.12. The van der Waals surface area contributed by atoms with E-state index in [1.165, 1.54) is 17.0 Å². The Hall–Kier alpha value is -2.67. The van der Waals surface area contributed by atoms with Crippen LogP contribution < -0.4 is 16.6 Å². The second-order valence-corrected chi connectivity index (χ2v) is 6.13. The highest BCUT2D eigenvalue weighted by Gasteiger charge is 2.14. The molecule has 0 spiro atoms. The summed E-state index contributed by atoms with van der Waals surface area (Å²) in [7, 11) is 0. The molecule has 0 unspecified atom stereocenters. The van der Waals surface area contributed by atoms with Crippen molar-refractivity contribution in [2.24, 2.45) is 0 Å². The molecular formula is C16H15N3O3S. The van der Waals surface area contributed by atoms with Crippen LogP contribution in [0.1, 0.15) is 18.5 Å². The van der Waals surface area contributed by atoms with Gasteiger partial charge in [0.05, 0.1) is 6.04 Å². The van der Waals surface area contributed by atoms with Gasteiger partial charge >= 0.3 is 5.69 Å². The Morgan fingerprint density at radius 2 is 2.09 bits per heavy atom. The molecule has 2 heterocycles. The molecule has 2 N–H and O–H groups in total. The lowest BCUT2D eigenvalue weighted by atomic mass is 10.1. The van der Waals surface area contributed by atoms with Gasteiger partial charge in [0.25, 0.3) is 5.56 Å². The summed E-state index contributed by atoms with van der Waals surface area (Å²) < 4.78 is 2.33. The number of hydrogen-bond acceptors (Lipinski definition) is 4. The van der Waals surface area contributed by atoms with Gasteiger partial charge < -0.3 is 5.32 Å². The first-order valence-corrected chi connectivity index (χ1v) is 7.98. The van der Waals surface area contributed by atoms with Crippen molar-refractivity contribution in [2.75, 3.05) is 0 Å². The normalized spacial score (nSPS) is 12.2. The van der Waals surface area contributed by atoms with E-state index < -0.39 is 11.2 Å². The molecular weight excluding hydrogens is 314 g/mol. The maximum Gasteiger partial charge on any atom is 0.328 e. The molecule has 0 fully saturated rings. The number of aromatic nitrogens is 2. The maximum absolute atomic E-state index is 12.1. The number of carbonyl (C=O) groups is 1. The van der Waals surface area contributed by atoms with Crippen molar-refractivity contribution in [3.63, 3.8) is 0 Å². The topological polar surface area (TPSA) is 84.0 Å². The van der Waals surface area contributed by atoms with E-state index in [4.69, 9.17) is 0 Å². The first-order chi connectivity index (χ1) is 11.0. The van der Waals surface area contributed by atoms with Gasteiger partial charge in [0, 0.05) is 17.0 Å². The van der Waals surface area contributed by atoms with E-state index in [2.05, 4.69) is 10.3 Å². The summed E-state index contributed by atoms with van der Waals surface area (Å²) in [5, 5.41) is 6.03. The van der Waals surface area contributed by atoms with E-state index >= 15 is 0 Å². The van der Waals surface area contributed by atoms with E-state index in [-0.39, 0.29) is 18.5 Å². The van der Waals surface area contributed by atoms with Crippen LogP contribution in [0.25, 0.3) is 10.1 Å². The number of aromatic amines is 1. The molecule has 118 valence electrons. The second-order valence-electron chi connectivity index (χ2n) is 5.21. The van der Waals surface area contributed by atoms with Gasteiger partial charge in [-0.05, 0) is 29.3 Å². The molecule has 3 aromatic rings. The summed E-state index contributed by atoms with van der Waals surface area (Å²) in [6.45, 7) is 1.77. The highest BCUT2D eigenvalue weighted by Crippen LogP contribution is 2.29. The molecule has 0 radical (unpaired) electrons. The molecule has 6 nitrogen and oxygen atoms in total. The fraction of sp³-hybridized carbons (Fsp3) is 0.188. The van der Waals surface area contributed by atoms with Crippen molar-refractivity contribution in [3.05, 3.63) is 68.3 Å². The highest BCUT2D eigenvalue weighted by molar-refractivity contribution is 7.17. The number of rotatable bonds is 4. The van der Waals surface area contributed by atoms with Gasteiger partial charge in [0.1, 0.15) is 6.54 Å². The SMILES string of the molecule is C[C@H](NC(=O)Cn1ccc(=O)[nH]c1=O)c1csc2ccccc12. The minimum Gasteiger partial charge on any atom is -0.348 e. The molecule has 2 aromatic heterocycles. The quantitative estimate of drug-likeness (QED) is 0.763. The number of amides is 1. The molecule has 1 atom stereocenters. The van der Waals surface area contributed by atoms with Gasteiger partial charge in [-0.25, -0.2) is 4.79 Å². The number of thiophene rings is 1. The molecule has 0 aliphatic heterocycles. The molecule has 7 heteroatoms. The number of nitrogens with zero attached hydrogens (tertiary/aromatic N) is 1. The lowest BCUT2D eigenvalue weighted by molar-refractivity contribution is -0.122. The fourth-order valence-corrected chi connectivity index (χ4v) is 3.48. The fourth-order valence-electron chi connectivity index (χ4n) is 2.42. The highest BCUT2D eigenvalue weighted by atomic mass is 32.1. The van der Waals surface area contributed by atoms with Crippen molar-refractivity contribution in [3.8, 4) is 0 Å². The van der Waals surface area contributed by atoms with Crippen LogP contribution >= 0.6 is 11.3 Å². The summed E-state index contributed by atoms with van der Waals surface area (Å²) >= 11 is 1.63. The molecule has 0 saturated heterocycles. The standard InChI is InChI=1S/C16H15N3O3S/c1-10(12-9-23-13-5-3-2-4-11(12)13)17-15(21)8-19-7-6-14(20)18-16(19)22/h2-7,9-10H,8H2,1H3,(H,17,21)(H,18,20,22)/t10-/m0/s1. The maximum atomic E-state index is 12.1. The Morgan fingerprint density at radius 1 is 1.30 bits per heavy atom. The van der Waals surface area contributed by atoms with E-state index in [1.807, 2.05) is 36.6 Å². The third kappa shape index (κ3) is 3.24. The van der Waals surface area contributed by atoms with Gasteiger partial charge in [-0.3, -0.25) is 19.1 Å². The number of benzene rings is 1. The Labute approximate surface area is 135 Å². The minimum absolute atomic E-state index is 0.137. The molecule has 0 aliphatic carbocycles. The van der Waals surface area contributed by atoms with Crippen LogP contribution in [0.15, 0.2) is 51.5 Å². The number of hydrogen-bond donors (Lipinski definition) is 2. The Morgan fingerprint density at radius 3 is 2.87 bits per heavy atom. The van der Waals surface area contributed by atoms with Crippen LogP contribution in [-0.2, 0) is 11.3 Å². The zero-order chi connectivity index (χ0) is 16.4. The Bertz CT molecular complexity index is 970. The van der Waals surface area contributed by atoms with E-state index in [9.17, 15) is 14.4 Å². The van der Waals surface area contributed by atoms with Gasteiger partial charge in [-0.1, -0.05) is 18.2 Å². The molecule has 23 heavy (non-hydrogen) atoms. The van der Waals surface area contributed by atoms with Crippen molar-refractivity contribution >= 4 is 27.3 Å². The van der Waals surface area contributed by atoms with Crippen LogP contribution in [0.2, 0.25) is 0 Å². The largest absolute Gasteiger partial charge is 0.348 e. The zero-order valence-electron chi connectivity index (χ0n) is 12.4. The van der Waals surface area contributed by atoms with Gasteiger partial charge in [-0.15, -0.1) is 11.3 Å². The lowest BCUT2D eigenvalue weighted by Crippen LogP contribution is -2.36. The monoisotopic (exact) mass is 329 g/mol. The third-order valence-corrected chi connectivity index (χ3v) is 4.55. The lowest BCUT2D eigenvalue weighted by Gasteiger charge is -2.14. The number of H-pyrrole nitrogens is 1. The molecule has 1 aromatic carbocycles. The molecule has 0 aliphatic rings. The zero-order valence-corrected chi connectivity index (χ0v) is 13.2. The third-order valence-electron chi connectivity index (χ3n) is 3.57. The number of carbonyl (C=O) groups excluding carboxylic acids is 1. The number of fused-ring (bicyclic) bond motifs is 1. The van der Waals surface area contributed by atoms with Gasteiger partial charge in [-0.2, -0.15) is 0 Å². The van der Waals surface area contributed by atoms with Gasteiger partial charge in [0.15, 0.2) is 0 Å². The summed E-state index contributed by atoms with van der Waals surface area (Å²) in [4.78, 5) is 36.9. The first-order valence-electron chi connectivity index (χ1n) is 7.10. The summed E-state index contributed by atoms with van der Waals surface area (Å²) in [6.07, 6.45) is 1.31. The average Bonchev–Trinajstić information content (AvgIpc) is 2.94. The van der Waals surface area contributed by atoms with Crippen LogP contribution in [0.5, 0.6) is 0 Å². The van der Waals surface area contributed by atoms with Crippen LogP contribution in [-0.4, -0.2) is 15.5 Å². The minimum atomic E-state index is -0.596. The number of nitrogens with one attached hydrogen (secondary N) is 2. The predicted molar refractivity (Wildman–Crippen MR) is 89.7 cm³/mol. The first kappa shape index (κ1) is 15.2. The molecule has 3 rings (SSSR count). The summed E-state index contributed by atoms with van der Waals surface area (Å²) in [5.74, 6) is -0.290. The summed E-state index contributed by atoms with van der Waals surface area (Å²) in [5.41, 5.74) is -0.0289. The van der Waals surface area contributed by atoms with Crippen molar-refractivity contribution in [1.29, 1.82) is 0 Å². The van der Waals surface area contributed by atoms with Crippen LogP contribution in [0.4, 0.5) is 0 Å². The van der Waals surface area contributed by atoms with Crippen molar-refractivity contribution < 1.29 is 4.79 Å². The van der Waals surface area contributed by atoms with Crippen molar-refractivity contribution in [2.45, 2.75) is 19.5 Å². The average molecular weight is 329 g/mol. The van der Waals surface area contributed by atoms with Crippen LogP contribution in [0, 0.1) is 0 Å². The molecule has 0 bridgehead atoms. The summed E-state index contributed by atoms with van der Waals surface area (Å²) in [6, 6.07) is 9.05. The Balaban J connectivity index is 1.74. The van der Waals surface area contributed by atoms with E-state index in [1.54, 1.807) is 11.3 Å². The second kappa shape index (κ2) is 6.21. The van der Waals surface area contributed by atoms with Crippen molar-refractivity contribution in [1.82, 2.24) is 14.9 Å². The van der Waals surface area contributed by atoms with E-state index in [0.717, 1.165) is 15.5 Å². The smallest absolute Gasteiger partial charge is 0.328 e. The molecule has 1 amide bonds. The van der Waals surface area contributed by atoms with Crippen LogP contribution in [0.3, 0.4) is 0 Å². The van der Waals surface area contributed by atoms with E-state index in [0.29, 0.717) is 0 Å². The van der Waals surface area contributed by atoms with Gasteiger partial charge in [0.2, 0.25) is 5.91 Å². The predicted octanol–water partition coefficient (Wildman–Crippen LogP) is 1.63.